The SMILES string of the molecule is CSC(C)=Nc1ccc(S(=O)(=O)O)cc1. The summed E-state index contributed by atoms with van der Waals surface area (Å²) in [6.45, 7) is 1.86. The fourth-order valence-electron chi connectivity index (χ4n) is 0.920. The first-order chi connectivity index (χ1) is 6.93. The normalized spacial score (nSPS) is 12.9. The van der Waals surface area contributed by atoms with Gasteiger partial charge in [-0.3, -0.25) is 4.55 Å². The maximum Gasteiger partial charge on any atom is 0.294 e. The number of benzene rings is 1. The third-order valence-corrected chi connectivity index (χ3v) is 3.27. The number of hydrogen-bond acceptors (Lipinski definition) is 4. The number of thioether (sulfide) groups is 1. The minimum atomic E-state index is -4.11. The second kappa shape index (κ2) is 4.78. The number of aliphatic imine (C=N–C) groups is 1. The van der Waals surface area contributed by atoms with Crippen LogP contribution in [0, 0.1) is 0 Å². The van der Waals surface area contributed by atoms with E-state index < -0.39 is 10.1 Å². The minimum Gasteiger partial charge on any atom is -0.282 e. The van der Waals surface area contributed by atoms with E-state index >= 15 is 0 Å². The molecule has 0 aliphatic rings. The first kappa shape index (κ1) is 12.2. The second-order valence-corrected chi connectivity index (χ2v) is 5.22. The van der Waals surface area contributed by atoms with Gasteiger partial charge in [-0.1, -0.05) is 0 Å². The van der Waals surface area contributed by atoms with Gasteiger partial charge in [-0.25, -0.2) is 4.99 Å². The van der Waals surface area contributed by atoms with Crippen LogP contribution < -0.4 is 0 Å². The molecule has 15 heavy (non-hydrogen) atoms. The minimum absolute atomic E-state index is 0.122. The number of nitrogens with zero attached hydrogens (tertiary/aromatic N) is 1. The summed E-state index contributed by atoms with van der Waals surface area (Å²) in [4.78, 5) is 4.08. The van der Waals surface area contributed by atoms with Crippen LogP contribution in [0.1, 0.15) is 6.92 Å². The first-order valence-corrected chi connectivity index (χ1v) is 6.77. The van der Waals surface area contributed by atoms with E-state index in [4.69, 9.17) is 4.55 Å². The molecule has 0 bridgehead atoms. The van der Waals surface area contributed by atoms with Gasteiger partial charge < -0.3 is 0 Å². The molecule has 0 saturated carbocycles. The van der Waals surface area contributed by atoms with Crippen molar-refractivity contribution < 1.29 is 13.0 Å². The zero-order chi connectivity index (χ0) is 11.5. The van der Waals surface area contributed by atoms with Gasteiger partial charge in [0, 0.05) is 0 Å². The summed E-state index contributed by atoms with van der Waals surface area (Å²) in [7, 11) is -4.11. The molecule has 1 aromatic rings. The maximum absolute atomic E-state index is 10.7. The molecule has 1 aromatic carbocycles. The zero-order valence-electron chi connectivity index (χ0n) is 8.34. The largest absolute Gasteiger partial charge is 0.294 e. The second-order valence-electron chi connectivity index (χ2n) is 2.80. The Hall–Kier alpha value is -0.850. The Morgan fingerprint density at radius 1 is 1.33 bits per heavy atom. The van der Waals surface area contributed by atoms with Gasteiger partial charge in [0.2, 0.25) is 0 Å². The third-order valence-electron chi connectivity index (χ3n) is 1.72. The Labute approximate surface area is 93.2 Å². The summed E-state index contributed by atoms with van der Waals surface area (Å²) >= 11 is 1.51. The molecule has 0 radical (unpaired) electrons. The van der Waals surface area contributed by atoms with Crippen molar-refractivity contribution in [1.82, 2.24) is 0 Å². The lowest BCUT2D eigenvalue weighted by molar-refractivity contribution is 0.483. The van der Waals surface area contributed by atoms with Crippen molar-refractivity contribution in [2.75, 3.05) is 6.26 Å². The van der Waals surface area contributed by atoms with E-state index in [9.17, 15) is 8.42 Å². The summed E-state index contributed by atoms with van der Waals surface area (Å²) in [5.41, 5.74) is 0.661. The van der Waals surface area contributed by atoms with Crippen LogP contribution in [-0.4, -0.2) is 24.3 Å². The molecule has 0 atom stereocenters. The Bertz CT molecular complexity index is 463. The van der Waals surface area contributed by atoms with E-state index in [1.807, 2.05) is 13.2 Å². The molecule has 6 heteroatoms. The molecular weight excluding hydrogens is 234 g/mol. The van der Waals surface area contributed by atoms with Crippen LogP contribution in [-0.2, 0) is 10.1 Å². The molecule has 4 nitrogen and oxygen atoms in total. The van der Waals surface area contributed by atoms with E-state index in [1.165, 1.54) is 23.9 Å². The molecular formula is C9H11NO3S2. The zero-order valence-corrected chi connectivity index (χ0v) is 9.97. The topological polar surface area (TPSA) is 66.7 Å². The van der Waals surface area contributed by atoms with Crippen molar-refractivity contribution in [3.8, 4) is 0 Å². The van der Waals surface area contributed by atoms with E-state index in [0.717, 1.165) is 5.04 Å². The van der Waals surface area contributed by atoms with Gasteiger partial charge in [0.15, 0.2) is 0 Å². The van der Waals surface area contributed by atoms with Crippen molar-refractivity contribution >= 4 is 32.6 Å². The van der Waals surface area contributed by atoms with Crippen molar-refractivity contribution in [3.63, 3.8) is 0 Å². The van der Waals surface area contributed by atoms with Gasteiger partial charge in [-0.05, 0) is 37.4 Å². The quantitative estimate of drug-likeness (QED) is 0.493. The molecule has 0 saturated heterocycles. The molecule has 0 fully saturated rings. The highest BCUT2D eigenvalue weighted by Gasteiger charge is 2.07. The van der Waals surface area contributed by atoms with Crippen LogP contribution in [0.2, 0.25) is 0 Å². The fraction of sp³-hybridized carbons (Fsp3) is 0.222. The Morgan fingerprint density at radius 3 is 2.27 bits per heavy atom. The molecule has 1 N–H and O–H groups in total. The Kier molecular flexibility index (Phi) is 3.90. The molecule has 0 aromatic heterocycles. The van der Waals surface area contributed by atoms with Gasteiger partial charge in [-0.2, -0.15) is 8.42 Å². The van der Waals surface area contributed by atoms with E-state index in [0.29, 0.717) is 5.69 Å². The standard InChI is InChI=1S/C9H11NO3S2/c1-7(14-2)10-8-3-5-9(6-4-8)15(11,12)13/h3-6H,1-2H3,(H,11,12,13). The Morgan fingerprint density at radius 2 is 1.87 bits per heavy atom. The van der Waals surface area contributed by atoms with Crippen molar-refractivity contribution in [3.05, 3.63) is 24.3 Å². The van der Waals surface area contributed by atoms with E-state index in [-0.39, 0.29) is 4.90 Å². The maximum atomic E-state index is 10.7. The van der Waals surface area contributed by atoms with Crippen LogP contribution in [0.5, 0.6) is 0 Å². The lowest BCUT2D eigenvalue weighted by atomic mass is 10.3. The lowest BCUT2D eigenvalue weighted by Crippen LogP contribution is -1.96. The van der Waals surface area contributed by atoms with Crippen LogP contribution in [0.3, 0.4) is 0 Å². The molecule has 0 aliphatic carbocycles. The highest BCUT2D eigenvalue weighted by molar-refractivity contribution is 8.13. The van der Waals surface area contributed by atoms with E-state index in [1.54, 1.807) is 12.1 Å². The van der Waals surface area contributed by atoms with Gasteiger partial charge in [0.05, 0.1) is 15.6 Å². The molecule has 0 spiro atoms. The summed E-state index contributed by atoms with van der Waals surface area (Å²) in [6, 6.07) is 5.73. The molecule has 0 aliphatic heterocycles. The van der Waals surface area contributed by atoms with Crippen LogP contribution >= 0.6 is 11.8 Å². The van der Waals surface area contributed by atoms with Gasteiger partial charge in [-0.15, -0.1) is 11.8 Å². The first-order valence-electron chi connectivity index (χ1n) is 4.10. The smallest absolute Gasteiger partial charge is 0.282 e. The highest BCUT2D eigenvalue weighted by atomic mass is 32.2. The fourth-order valence-corrected chi connectivity index (χ4v) is 1.60. The van der Waals surface area contributed by atoms with Crippen LogP contribution in [0.4, 0.5) is 5.69 Å². The average Bonchev–Trinajstić information content (AvgIpc) is 2.17. The molecule has 82 valence electrons. The van der Waals surface area contributed by atoms with Crippen molar-refractivity contribution in [2.24, 2.45) is 4.99 Å². The van der Waals surface area contributed by atoms with Crippen molar-refractivity contribution in [2.45, 2.75) is 11.8 Å². The van der Waals surface area contributed by atoms with Crippen LogP contribution in [0.15, 0.2) is 34.2 Å². The summed E-state index contributed by atoms with van der Waals surface area (Å²) in [5, 5.41) is 0.884. The van der Waals surface area contributed by atoms with Crippen LogP contribution in [0.25, 0.3) is 0 Å². The number of rotatable bonds is 2. The predicted octanol–water partition coefficient (Wildman–Crippen LogP) is 2.35. The summed E-state index contributed by atoms with van der Waals surface area (Å²) in [5.74, 6) is 0. The molecule has 1 rings (SSSR count). The molecule has 0 heterocycles. The Balaban J connectivity index is 3.01. The third kappa shape index (κ3) is 3.65. The summed E-state index contributed by atoms with van der Waals surface area (Å²) < 4.78 is 30.2. The lowest BCUT2D eigenvalue weighted by Gasteiger charge is -1.98. The molecule has 0 unspecified atom stereocenters. The molecule has 0 amide bonds. The predicted molar refractivity (Wildman–Crippen MR) is 62.5 cm³/mol. The highest BCUT2D eigenvalue weighted by Crippen LogP contribution is 2.17. The van der Waals surface area contributed by atoms with Gasteiger partial charge in [0.25, 0.3) is 10.1 Å². The number of hydrogen-bond donors (Lipinski definition) is 1. The van der Waals surface area contributed by atoms with E-state index in [2.05, 4.69) is 4.99 Å². The van der Waals surface area contributed by atoms with Gasteiger partial charge >= 0.3 is 0 Å². The van der Waals surface area contributed by atoms with Crippen molar-refractivity contribution in [1.29, 1.82) is 0 Å². The average molecular weight is 245 g/mol. The van der Waals surface area contributed by atoms with Gasteiger partial charge in [0.1, 0.15) is 0 Å². The summed E-state index contributed by atoms with van der Waals surface area (Å²) in [6.07, 6.45) is 1.91. The monoisotopic (exact) mass is 245 g/mol.